The van der Waals surface area contributed by atoms with E-state index in [9.17, 15) is 8.42 Å². The smallest absolute Gasteiger partial charge is 0.236 e. The molecule has 152 valence electrons. The van der Waals surface area contributed by atoms with Crippen molar-refractivity contribution in [3.8, 4) is 11.5 Å². The Morgan fingerprint density at radius 3 is 2.24 bits per heavy atom. The zero-order valence-corrected chi connectivity index (χ0v) is 19.6. The average Bonchev–Trinajstić information content (AvgIpc) is 2.98. The SMILES string of the molecule is O=S(=O)(c1ccc(Br)cc1)c1nc(-c2cccc(Br)c2)oc1N1CCCCCC1. The average molecular weight is 540 g/mol. The van der Waals surface area contributed by atoms with Crippen LogP contribution in [-0.4, -0.2) is 26.5 Å². The van der Waals surface area contributed by atoms with Gasteiger partial charge in [0.15, 0.2) is 0 Å². The van der Waals surface area contributed by atoms with Crippen LogP contribution in [0.15, 0.2) is 71.8 Å². The van der Waals surface area contributed by atoms with Crippen molar-refractivity contribution in [3.05, 3.63) is 57.5 Å². The van der Waals surface area contributed by atoms with E-state index in [4.69, 9.17) is 4.42 Å². The highest BCUT2D eigenvalue weighted by molar-refractivity contribution is 9.10. The minimum atomic E-state index is -3.82. The predicted molar refractivity (Wildman–Crippen MR) is 120 cm³/mol. The van der Waals surface area contributed by atoms with Crippen LogP contribution >= 0.6 is 31.9 Å². The Hall–Kier alpha value is -1.64. The van der Waals surface area contributed by atoms with E-state index in [1.54, 1.807) is 24.3 Å². The number of rotatable bonds is 4. The van der Waals surface area contributed by atoms with E-state index in [1.807, 2.05) is 29.2 Å². The van der Waals surface area contributed by atoms with Crippen LogP contribution in [0.4, 0.5) is 5.88 Å². The van der Waals surface area contributed by atoms with Gasteiger partial charge in [0, 0.05) is 27.6 Å². The van der Waals surface area contributed by atoms with E-state index < -0.39 is 9.84 Å². The van der Waals surface area contributed by atoms with Crippen LogP contribution in [0.1, 0.15) is 25.7 Å². The van der Waals surface area contributed by atoms with Gasteiger partial charge < -0.3 is 9.32 Å². The van der Waals surface area contributed by atoms with E-state index in [2.05, 4.69) is 36.8 Å². The second-order valence-corrected chi connectivity index (χ2v) is 10.7. The molecule has 8 heteroatoms. The van der Waals surface area contributed by atoms with Gasteiger partial charge >= 0.3 is 0 Å². The largest absolute Gasteiger partial charge is 0.419 e. The molecular weight excluding hydrogens is 520 g/mol. The third kappa shape index (κ3) is 4.44. The Balaban J connectivity index is 1.85. The monoisotopic (exact) mass is 538 g/mol. The van der Waals surface area contributed by atoms with Crippen LogP contribution in [0.2, 0.25) is 0 Å². The summed E-state index contributed by atoms with van der Waals surface area (Å²) in [5.41, 5.74) is 0.729. The first-order valence-electron chi connectivity index (χ1n) is 9.47. The molecule has 0 N–H and O–H groups in total. The molecule has 4 rings (SSSR count). The number of hydrogen-bond acceptors (Lipinski definition) is 5. The quantitative estimate of drug-likeness (QED) is 0.402. The van der Waals surface area contributed by atoms with Crippen molar-refractivity contribution in [2.75, 3.05) is 18.0 Å². The van der Waals surface area contributed by atoms with E-state index in [0.29, 0.717) is 11.8 Å². The number of anilines is 1. The second kappa shape index (κ2) is 8.62. The van der Waals surface area contributed by atoms with Crippen LogP contribution in [0.25, 0.3) is 11.5 Å². The molecule has 1 aliphatic heterocycles. The standard InChI is InChI=1S/C21H20Br2N2O3S/c22-16-8-10-18(11-9-16)29(26,27)20-21(25-12-3-1-2-4-13-25)28-19(24-20)15-6-5-7-17(23)14-15/h5-11,14H,1-4,12-13H2. The van der Waals surface area contributed by atoms with Gasteiger partial charge in [-0.3, -0.25) is 0 Å². The molecule has 0 atom stereocenters. The molecule has 1 aromatic heterocycles. The maximum Gasteiger partial charge on any atom is 0.236 e. The molecule has 0 radical (unpaired) electrons. The summed E-state index contributed by atoms with van der Waals surface area (Å²) >= 11 is 6.81. The molecule has 2 heterocycles. The molecule has 0 unspecified atom stereocenters. The third-order valence-corrected chi connectivity index (χ3v) is 7.61. The molecule has 1 aliphatic rings. The first-order valence-corrected chi connectivity index (χ1v) is 12.5. The van der Waals surface area contributed by atoms with Gasteiger partial charge in [-0.2, -0.15) is 4.98 Å². The topological polar surface area (TPSA) is 63.4 Å². The zero-order valence-electron chi connectivity index (χ0n) is 15.6. The Kier molecular flexibility index (Phi) is 6.13. The summed E-state index contributed by atoms with van der Waals surface area (Å²) < 4.78 is 34.6. The minimum Gasteiger partial charge on any atom is -0.419 e. The summed E-state index contributed by atoms with van der Waals surface area (Å²) in [6.07, 6.45) is 4.28. The maximum atomic E-state index is 13.4. The highest BCUT2D eigenvalue weighted by Crippen LogP contribution is 2.36. The minimum absolute atomic E-state index is 0.0169. The molecule has 1 saturated heterocycles. The van der Waals surface area contributed by atoms with Gasteiger partial charge in [-0.25, -0.2) is 8.42 Å². The highest BCUT2D eigenvalue weighted by atomic mass is 79.9. The number of sulfone groups is 1. The first-order chi connectivity index (χ1) is 13.9. The normalized spacial score (nSPS) is 15.3. The molecule has 0 aliphatic carbocycles. The van der Waals surface area contributed by atoms with Gasteiger partial charge in [-0.1, -0.05) is 50.8 Å². The van der Waals surface area contributed by atoms with E-state index in [0.717, 1.165) is 53.3 Å². The summed E-state index contributed by atoms with van der Waals surface area (Å²) in [5, 5.41) is -0.0169. The fraction of sp³-hybridized carbons (Fsp3) is 0.286. The van der Waals surface area contributed by atoms with Crippen LogP contribution in [0.5, 0.6) is 0 Å². The van der Waals surface area contributed by atoms with Gasteiger partial charge in [0.2, 0.25) is 26.6 Å². The molecule has 0 saturated carbocycles. The predicted octanol–water partition coefficient (Wildman–Crippen LogP) is 6.08. The molecule has 0 bridgehead atoms. The first kappa shape index (κ1) is 20.6. The lowest BCUT2D eigenvalue weighted by atomic mass is 10.2. The Morgan fingerprint density at radius 1 is 0.897 bits per heavy atom. The number of benzene rings is 2. The lowest BCUT2D eigenvalue weighted by Crippen LogP contribution is -2.25. The number of oxazole rings is 1. The summed E-state index contributed by atoms with van der Waals surface area (Å²) in [5.74, 6) is 0.644. The van der Waals surface area contributed by atoms with Crippen LogP contribution in [-0.2, 0) is 9.84 Å². The molecule has 29 heavy (non-hydrogen) atoms. The van der Waals surface area contributed by atoms with Crippen molar-refractivity contribution < 1.29 is 12.8 Å². The van der Waals surface area contributed by atoms with Crippen molar-refractivity contribution in [2.45, 2.75) is 35.6 Å². The van der Waals surface area contributed by atoms with Crippen LogP contribution in [0, 0.1) is 0 Å². The van der Waals surface area contributed by atoms with E-state index in [-0.39, 0.29) is 9.92 Å². The third-order valence-electron chi connectivity index (χ3n) is 4.92. The Morgan fingerprint density at radius 2 is 1.59 bits per heavy atom. The molecule has 0 spiro atoms. The van der Waals surface area contributed by atoms with Crippen molar-refractivity contribution in [3.63, 3.8) is 0 Å². The number of hydrogen-bond donors (Lipinski definition) is 0. The van der Waals surface area contributed by atoms with Crippen molar-refractivity contribution in [1.82, 2.24) is 4.98 Å². The number of halogens is 2. The van der Waals surface area contributed by atoms with Crippen molar-refractivity contribution >= 4 is 47.6 Å². The zero-order chi connectivity index (χ0) is 20.4. The molecule has 2 aromatic carbocycles. The van der Waals surface area contributed by atoms with Gasteiger partial charge in [0.25, 0.3) is 0 Å². The fourth-order valence-electron chi connectivity index (χ4n) is 3.42. The number of aromatic nitrogens is 1. The lowest BCUT2D eigenvalue weighted by molar-refractivity contribution is 0.543. The summed E-state index contributed by atoms with van der Waals surface area (Å²) in [6, 6.07) is 14.1. The second-order valence-electron chi connectivity index (χ2n) is 7.00. The van der Waals surface area contributed by atoms with Gasteiger partial charge in [-0.05, 0) is 55.3 Å². The Bertz CT molecular complexity index is 1100. The van der Waals surface area contributed by atoms with Crippen molar-refractivity contribution in [2.24, 2.45) is 0 Å². The van der Waals surface area contributed by atoms with E-state index in [1.165, 1.54) is 0 Å². The van der Waals surface area contributed by atoms with Crippen molar-refractivity contribution in [1.29, 1.82) is 0 Å². The molecule has 0 amide bonds. The van der Waals surface area contributed by atoms with Crippen LogP contribution < -0.4 is 4.90 Å². The van der Waals surface area contributed by atoms with E-state index >= 15 is 0 Å². The summed E-state index contributed by atoms with van der Waals surface area (Å²) in [7, 11) is -3.82. The fourth-order valence-corrected chi connectivity index (χ4v) is 5.40. The molecule has 5 nitrogen and oxygen atoms in total. The summed E-state index contributed by atoms with van der Waals surface area (Å²) in [6.45, 7) is 1.52. The van der Waals surface area contributed by atoms with Gasteiger partial charge in [-0.15, -0.1) is 0 Å². The lowest BCUT2D eigenvalue weighted by Gasteiger charge is -2.20. The molecule has 3 aromatic rings. The highest BCUT2D eigenvalue weighted by Gasteiger charge is 2.31. The summed E-state index contributed by atoms with van der Waals surface area (Å²) in [4.78, 5) is 6.69. The Labute approximate surface area is 187 Å². The maximum absolute atomic E-state index is 13.4. The number of nitrogens with zero attached hydrogens (tertiary/aromatic N) is 2. The van der Waals surface area contributed by atoms with Gasteiger partial charge in [0.05, 0.1) is 4.90 Å². The molecular formula is C21H20Br2N2O3S. The molecule has 1 fully saturated rings. The van der Waals surface area contributed by atoms with Crippen LogP contribution in [0.3, 0.4) is 0 Å². The van der Waals surface area contributed by atoms with Gasteiger partial charge in [0.1, 0.15) is 0 Å².